The van der Waals surface area contributed by atoms with Crippen LogP contribution in [0.3, 0.4) is 0 Å². The third-order valence-electron chi connectivity index (χ3n) is 4.36. The van der Waals surface area contributed by atoms with Crippen LogP contribution >= 0.6 is 11.6 Å². The molecule has 3 N–H and O–H groups in total. The summed E-state index contributed by atoms with van der Waals surface area (Å²) >= 11 is 6.01. The largest absolute Gasteiger partial charge is 0.483 e. The minimum atomic E-state index is -0.896. The third-order valence-corrected chi connectivity index (χ3v) is 4.60. The average molecular weight is 428 g/mol. The monoisotopic (exact) mass is 427 g/mol. The summed E-state index contributed by atoms with van der Waals surface area (Å²) in [6.07, 6.45) is 1.24. The van der Waals surface area contributed by atoms with Gasteiger partial charge in [-0.25, -0.2) is 4.79 Å². The Hall–Kier alpha value is -3.65. The maximum absolute atomic E-state index is 12.2. The van der Waals surface area contributed by atoms with Crippen LogP contribution in [-0.4, -0.2) is 30.4 Å². The van der Waals surface area contributed by atoms with Gasteiger partial charge >= 0.3 is 6.03 Å². The summed E-state index contributed by atoms with van der Waals surface area (Å²) in [7, 11) is 0. The van der Waals surface area contributed by atoms with Crippen molar-refractivity contribution in [1.82, 2.24) is 10.6 Å². The first-order chi connectivity index (χ1) is 14.2. The van der Waals surface area contributed by atoms with E-state index in [0.29, 0.717) is 16.3 Å². The second kappa shape index (κ2) is 8.79. The van der Waals surface area contributed by atoms with Crippen molar-refractivity contribution >= 4 is 47.1 Å². The molecule has 0 unspecified atom stereocenters. The molecule has 2 aromatic rings. The normalized spacial score (nSPS) is 13.4. The number of ether oxygens (including phenoxy) is 1. The molecule has 1 fully saturated rings. The molecule has 0 aromatic heterocycles. The maximum Gasteiger partial charge on any atom is 0.328 e. The number of halogens is 1. The van der Waals surface area contributed by atoms with Gasteiger partial charge in [0.15, 0.2) is 6.61 Å². The van der Waals surface area contributed by atoms with Crippen molar-refractivity contribution in [3.63, 3.8) is 0 Å². The van der Waals surface area contributed by atoms with Crippen LogP contribution in [0, 0.1) is 13.8 Å². The van der Waals surface area contributed by atoms with Crippen LogP contribution in [0.2, 0.25) is 5.02 Å². The Bertz CT molecular complexity index is 1070. The number of urea groups is 1. The molecular weight excluding hydrogens is 410 g/mol. The van der Waals surface area contributed by atoms with Crippen molar-refractivity contribution in [1.29, 1.82) is 0 Å². The van der Waals surface area contributed by atoms with E-state index in [1.807, 2.05) is 36.6 Å². The van der Waals surface area contributed by atoms with E-state index in [4.69, 9.17) is 16.3 Å². The number of anilines is 1. The molecule has 1 aliphatic rings. The first-order valence-corrected chi connectivity index (χ1v) is 9.28. The van der Waals surface area contributed by atoms with Crippen molar-refractivity contribution in [3.05, 3.63) is 63.7 Å². The van der Waals surface area contributed by atoms with Gasteiger partial charge in [-0.05, 0) is 61.4 Å². The predicted molar refractivity (Wildman–Crippen MR) is 111 cm³/mol. The Morgan fingerprint density at radius 3 is 2.40 bits per heavy atom. The number of carbonyl (C=O) groups excluding carboxylic acids is 4. The molecular formula is C21H18ClN3O5. The quantitative estimate of drug-likeness (QED) is 0.501. The Balaban J connectivity index is 1.75. The minimum Gasteiger partial charge on any atom is -0.483 e. The summed E-state index contributed by atoms with van der Waals surface area (Å²) in [6, 6.07) is 9.19. The first-order valence-electron chi connectivity index (χ1n) is 8.91. The summed E-state index contributed by atoms with van der Waals surface area (Å²) in [4.78, 5) is 47.3. The van der Waals surface area contributed by atoms with E-state index >= 15 is 0 Å². The van der Waals surface area contributed by atoms with Gasteiger partial charge in [-0.3, -0.25) is 25.0 Å². The van der Waals surface area contributed by atoms with Gasteiger partial charge in [0.25, 0.3) is 17.7 Å². The van der Waals surface area contributed by atoms with E-state index in [2.05, 4.69) is 5.32 Å². The van der Waals surface area contributed by atoms with Crippen LogP contribution in [0.1, 0.15) is 16.7 Å². The highest BCUT2D eigenvalue weighted by Crippen LogP contribution is 2.26. The Morgan fingerprint density at radius 2 is 1.73 bits per heavy atom. The molecule has 9 heteroatoms. The zero-order valence-corrected chi connectivity index (χ0v) is 16.9. The molecule has 5 amide bonds. The van der Waals surface area contributed by atoms with E-state index in [9.17, 15) is 19.2 Å². The van der Waals surface area contributed by atoms with Crippen molar-refractivity contribution in [2.24, 2.45) is 0 Å². The molecule has 0 aliphatic carbocycles. The van der Waals surface area contributed by atoms with Gasteiger partial charge < -0.3 is 10.1 Å². The summed E-state index contributed by atoms with van der Waals surface area (Å²) in [6.45, 7) is 3.62. The number of hydrogen-bond donors (Lipinski definition) is 3. The smallest absolute Gasteiger partial charge is 0.328 e. The van der Waals surface area contributed by atoms with E-state index in [1.54, 1.807) is 12.1 Å². The second-order valence-electron chi connectivity index (χ2n) is 6.61. The van der Waals surface area contributed by atoms with Crippen LogP contribution in [0.25, 0.3) is 6.08 Å². The molecule has 0 radical (unpaired) electrons. The number of nitrogens with one attached hydrogen (secondary N) is 3. The molecule has 0 bridgehead atoms. The highest BCUT2D eigenvalue weighted by atomic mass is 35.5. The van der Waals surface area contributed by atoms with Gasteiger partial charge in [0.2, 0.25) is 0 Å². The topological polar surface area (TPSA) is 114 Å². The van der Waals surface area contributed by atoms with E-state index in [0.717, 1.165) is 11.1 Å². The molecule has 30 heavy (non-hydrogen) atoms. The van der Waals surface area contributed by atoms with E-state index in [-0.39, 0.29) is 23.8 Å². The maximum atomic E-state index is 12.2. The molecule has 1 saturated heterocycles. The number of benzene rings is 2. The van der Waals surface area contributed by atoms with Crippen molar-refractivity contribution < 1.29 is 23.9 Å². The number of carbonyl (C=O) groups is 4. The van der Waals surface area contributed by atoms with Gasteiger partial charge in [-0.1, -0.05) is 17.7 Å². The molecule has 0 atom stereocenters. The summed E-state index contributed by atoms with van der Waals surface area (Å²) in [5.41, 5.74) is 2.81. The lowest BCUT2D eigenvalue weighted by atomic mass is 10.1. The first kappa shape index (κ1) is 21.1. The third kappa shape index (κ3) is 5.03. The number of imide groups is 2. The van der Waals surface area contributed by atoms with Crippen LogP contribution < -0.4 is 20.7 Å². The van der Waals surface area contributed by atoms with E-state index < -0.39 is 17.8 Å². The fourth-order valence-corrected chi connectivity index (χ4v) is 2.87. The number of barbiturate groups is 1. The molecule has 3 rings (SSSR count). The van der Waals surface area contributed by atoms with Crippen LogP contribution in [0.4, 0.5) is 10.5 Å². The number of aryl methyl sites for hydroxylation is 2. The number of rotatable bonds is 5. The van der Waals surface area contributed by atoms with Crippen LogP contribution in [0.5, 0.6) is 5.75 Å². The zero-order valence-electron chi connectivity index (χ0n) is 16.2. The fourth-order valence-electron chi connectivity index (χ4n) is 2.68. The van der Waals surface area contributed by atoms with Gasteiger partial charge in [-0.2, -0.15) is 0 Å². The molecule has 8 nitrogen and oxygen atoms in total. The fraction of sp³-hybridized carbons (Fsp3) is 0.143. The van der Waals surface area contributed by atoms with Gasteiger partial charge in [-0.15, -0.1) is 0 Å². The lowest BCUT2D eigenvalue weighted by molar-refractivity contribution is -0.124. The Kier molecular flexibility index (Phi) is 6.17. The number of amides is 5. The standard InChI is InChI=1S/C21H18ClN3O5/c1-11-3-5-15(7-12(11)2)23-18(26)10-30-17-6-4-14(22)8-13(17)9-16-19(27)24-21(29)25-20(16)28/h3-9H,10H2,1-2H3,(H,23,26)(H2,24,25,27,28,29). The second-order valence-corrected chi connectivity index (χ2v) is 7.05. The highest BCUT2D eigenvalue weighted by Gasteiger charge is 2.28. The lowest BCUT2D eigenvalue weighted by Gasteiger charge is -2.15. The average Bonchev–Trinajstić information content (AvgIpc) is 2.67. The molecule has 154 valence electrons. The minimum absolute atomic E-state index is 0.236. The summed E-state index contributed by atoms with van der Waals surface area (Å²) in [5.74, 6) is -1.84. The van der Waals surface area contributed by atoms with Crippen molar-refractivity contribution in [3.8, 4) is 5.75 Å². The SMILES string of the molecule is Cc1ccc(NC(=O)COc2ccc(Cl)cc2C=C2C(=O)NC(=O)NC2=O)cc1C. The van der Waals surface area contributed by atoms with Crippen LogP contribution in [-0.2, 0) is 14.4 Å². The van der Waals surface area contributed by atoms with Gasteiger partial charge in [0, 0.05) is 16.3 Å². The highest BCUT2D eigenvalue weighted by molar-refractivity contribution is 6.32. The van der Waals surface area contributed by atoms with Crippen molar-refractivity contribution in [2.75, 3.05) is 11.9 Å². The molecule has 2 aromatic carbocycles. The number of hydrogen-bond acceptors (Lipinski definition) is 5. The Morgan fingerprint density at radius 1 is 1.03 bits per heavy atom. The summed E-state index contributed by atoms with van der Waals surface area (Å²) < 4.78 is 5.57. The summed E-state index contributed by atoms with van der Waals surface area (Å²) in [5, 5.41) is 7.04. The van der Waals surface area contributed by atoms with Crippen molar-refractivity contribution in [2.45, 2.75) is 13.8 Å². The molecule has 1 heterocycles. The van der Waals surface area contributed by atoms with Crippen LogP contribution in [0.15, 0.2) is 42.0 Å². The lowest BCUT2D eigenvalue weighted by Crippen LogP contribution is -2.51. The molecule has 1 aliphatic heterocycles. The van der Waals surface area contributed by atoms with Gasteiger partial charge in [0.05, 0.1) is 0 Å². The van der Waals surface area contributed by atoms with E-state index in [1.165, 1.54) is 18.2 Å². The zero-order chi connectivity index (χ0) is 21.8. The van der Waals surface area contributed by atoms with Gasteiger partial charge in [0.1, 0.15) is 11.3 Å². The predicted octanol–water partition coefficient (Wildman–Crippen LogP) is 2.72. The Labute approximate surface area is 177 Å². The molecule has 0 saturated carbocycles. The molecule has 0 spiro atoms.